The van der Waals surface area contributed by atoms with Gasteiger partial charge in [0.05, 0.1) is 6.54 Å². The summed E-state index contributed by atoms with van der Waals surface area (Å²) in [6.45, 7) is 2.01. The van der Waals surface area contributed by atoms with Crippen LogP contribution in [0.3, 0.4) is 0 Å². The zero-order valence-electron chi connectivity index (χ0n) is 13.1. The molecule has 23 heavy (non-hydrogen) atoms. The number of amides is 1. The summed E-state index contributed by atoms with van der Waals surface area (Å²) in [5, 5.41) is 4.90. The molecule has 0 bridgehead atoms. The number of anilines is 1. The number of H-pyrrole nitrogens is 1. The fraction of sp³-hybridized carbons (Fsp3) is 0.444. The van der Waals surface area contributed by atoms with Crippen LogP contribution in [-0.2, 0) is 4.79 Å². The van der Waals surface area contributed by atoms with Gasteiger partial charge in [-0.2, -0.15) is 0 Å². The third-order valence-electron chi connectivity index (χ3n) is 4.85. The number of aromatic nitrogens is 1. The first-order valence-electron chi connectivity index (χ1n) is 8.39. The molecule has 1 saturated carbocycles. The number of nitrogens with zero attached hydrogens (tertiary/aromatic N) is 1. The van der Waals surface area contributed by atoms with Crippen molar-refractivity contribution in [2.24, 2.45) is 0 Å². The predicted molar refractivity (Wildman–Crippen MR) is 90.8 cm³/mol. The van der Waals surface area contributed by atoms with Gasteiger partial charge in [0, 0.05) is 30.4 Å². The lowest BCUT2D eigenvalue weighted by Crippen LogP contribution is -2.32. The molecule has 2 fully saturated rings. The number of carbonyl (C=O) groups excluding carboxylic acids is 1. The van der Waals surface area contributed by atoms with Crippen molar-refractivity contribution in [1.29, 1.82) is 0 Å². The van der Waals surface area contributed by atoms with E-state index in [1.807, 2.05) is 29.3 Å². The van der Waals surface area contributed by atoms with Gasteiger partial charge in [-0.25, -0.2) is 0 Å². The lowest BCUT2D eigenvalue weighted by Gasteiger charge is -2.16. The molecule has 1 aromatic heterocycles. The highest BCUT2D eigenvalue weighted by Gasteiger charge is 2.26. The molecule has 1 aliphatic carbocycles. The maximum absolute atomic E-state index is 12.1. The molecule has 120 valence electrons. The minimum atomic E-state index is -0.0704. The molecule has 5 heteroatoms. The molecule has 1 amide bonds. The number of likely N-dealkylation sites (tertiary alicyclic amines) is 1. The van der Waals surface area contributed by atoms with Gasteiger partial charge >= 0.3 is 0 Å². The van der Waals surface area contributed by atoms with Crippen molar-refractivity contribution < 1.29 is 4.79 Å². The van der Waals surface area contributed by atoms with Gasteiger partial charge in [0.25, 0.3) is 5.56 Å². The number of rotatable bonds is 4. The average Bonchev–Trinajstić information content (AvgIpc) is 3.26. The average molecular weight is 311 g/mol. The topological polar surface area (TPSA) is 65.2 Å². The third-order valence-corrected chi connectivity index (χ3v) is 4.85. The normalized spacial score (nSPS) is 17.7. The molecular weight excluding hydrogens is 290 g/mol. The SMILES string of the molecule is O=C(CNc1ccc2c(C3CC3)c[nH]c(=O)c2c1)N1CCCC1. The Morgan fingerprint density at radius 2 is 2.00 bits per heavy atom. The number of carbonyl (C=O) groups is 1. The van der Waals surface area contributed by atoms with Gasteiger partial charge in [-0.3, -0.25) is 9.59 Å². The summed E-state index contributed by atoms with van der Waals surface area (Å²) in [6.07, 6.45) is 6.45. The molecule has 1 saturated heterocycles. The lowest BCUT2D eigenvalue weighted by atomic mass is 10.0. The predicted octanol–water partition coefficient (Wildman–Crippen LogP) is 2.44. The molecule has 1 aromatic carbocycles. The van der Waals surface area contributed by atoms with Gasteiger partial charge in [-0.05, 0) is 54.7 Å². The second kappa shape index (κ2) is 5.72. The summed E-state index contributed by atoms with van der Waals surface area (Å²) in [5.74, 6) is 0.716. The Morgan fingerprint density at radius 3 is 2.74 bits per heavy atom. The first kappa shape index (κ1) is 14.3. The van der Waals surface area contributed by atoms with Gasteiger partial charge in [0.15, 0.2) is 0 Å². The van der Waals surface area contributed by atoms with E-state index >= 15 is 0 Å². The number of pyridine rings is 1. The number of hydrogen-bond acceptors (Lipinski definition) is 3. The minimum Gasteiger partial charge on any atom is -0.376 e. The van der Waals surface area contributed by atoms with Crippen molar-refractivity contribution in [3.05, 3.63) is 40.3 Å². The number of hydrogen-bond donors (Lipinski definition) is 2. The monoisotopic (exact) mass is 311 g/mol. The second-order valence-corrected chi connectivity index (χ2v) is 6.55. The summed E-state index contributed by atoms with van der Waals surface area (Å²) in [5.41, 5.74) is 1.99. The van der Waals surface area contributed by atoms with Crippen LogP contribution in [0.5, 0.6) is 0 Å². The van der Waals surface area contributed by atoms with E-state index in [2.05, 4.69) is 10.3 Å². The summed E-state index contributed by atoms with van der Waals surface area (Å²) in [4.78, 5) is 28.9. The standard InChI is InChI=1S/C18H21N3O2/c22-17(21-7-1-2-8-21)11-19-13-5-6-14-15(9-13)18(23)20-10-16(14)12-3-4-12/h5-6,9-10,12,19H,1-4,7-8,11H2,(H,20,23). The van der Waals surface area contributed by atoms with Crippen LogP contribution in [0.15, 0.2) is 29.2 Å². The Hall–Kier alpha value is -2.30. The Labute approximate surface area is 134 Å². The van der Waals surface area contributed by atoms with E-state index in [0.29, 0.717) is 11.3 Å². The van der Waals surface area contributed by atoms with Crippen molar-refractivity contribution in [1.82, 2.24) is 9.88 Å². The van der Waals surface area contributed by atoms with Gasteiger partial charge in [-0.1, -0.05) is 6.07 Å². The molecule has 1 aliphatic heterocycles. The largest absolute Gasteiger partial charge is 0.376 e. The number of fused-ring (bicyclic) bond motifs is 1. The highest BCUT2D eigenvalue weighted by atomic mass is 16.2. The highest BCUT2D eigenvalue weighted by Crippen LogP contribution is 2.42. The van der Waals surface area contributed by atoms with Gasteiger partial charge in [0.2, 0.25) is 5.91 Å². The Bertz CT molecular complexity index is 802. The smallest absolute Gasteiger partial charge is 0.255 e. The van der Waals surface area contributed by atoms with Crippen LogP contribution in [0.2, 0.25) is 0 Å². The Kier molecular flexibility index (Phi) is 3.56. The van der Waals surface area contributed by atoms with Crippen LogP contribution < -0.4 is 10.9 Å². The molecule has 2 aliphatic rings. The maximum Gasteiger partial charge on any atom is 0.255 e. The molecular formula is C18H21N3O2. The fourth-order valence-electron chi connectivity index (χ4n) is 3.38. The third kappa shape index (κ3) is 2.83. The number of aromatic amines is 1. The molecule has 2 N–H and O–H groups in total. The molecule has 5 nitrogen and oxygen atoms in total. The molecule has 0 atom stereocenters. The highest BCUT2D eigenvalue weighted by molar-refractivity contribution is 5.89. The van der Waals surface area contributed by atoms with E-state index in [-0.39, 0.29) is 18.0 Å². The van der Waals surface area contributed by atoms with Gasteiger partial charge in [0.1, 0.15) is 0 Å². The Morgan fingerprint density at radius 1 is 1.22 bits per heavy atom. The van der Waals surface area contributed by atoms with Gasteiger partial charge in [-0.15, -0.1) is 0 Å². The Balaban J connectivity index is 1.55. The fourth-order valence-corrected chi connectivity index (χ4v) is 3.38. The summed E-state index contributed by atoms with van der Waals surface area (Å²) in [7, 11) is 0. The molecule has 0 unspecified atom stereocenters. The van der Waals surface area contributed by atoms with Crippen molar-refractivity contribution in [2.45, 2.75) is 31.6 Å². The van der Waals surface area contributed by atoms with Crippen LogP contribution in [0, 0.1) is 0 Å². The maximum atomic E-state index is 12.1. The van der Waals surface area contributed by atoms with E-state index in [1.165, 1.54) is 18.4 Å². The quantitative estimate of drug-likeness (QED) is 0.911. The van der Waals surface area contributed by atoms with Crippen LogP contribution >= 0.6 is 0 Å². The zero-order chi connectivity index (χ0) is 15.8. The van der Waals surface area contributed by atoms with Crippen LogP contribution in [0.25, 0.3) is 10.8 Å². The first-order chi connectivity index (χ1) is 11.2. The zero-order valence-corrected chi connectivity index (χ0v) is 13.1. The van der Waals surface area contributed by atoms with Crippen molar-refractivity contribution in [3.63, 3.8) is 0 Å². The number of benzene rings is 1. The lowest BCUT2D eigenvalue weighted by molar-refractivity contribution is -0.128. The second-order valence-electron chi connectivity index (χ2n) is 6.55. The summed E-state index contributed by atoms with van der Waals surface area (Å²) < 4.78 is 0. The summed E-state index contributed by atoms with van der Waals surface area (Å²) in [6, 6.07) is 5.82. The molecule has 4 rings (SSSR count). The van der Waals surface area contributed by atoms with E-state index < -0.39 is 0 Å². The van der Waals surface area contributed by atoms with Crippen LogP contribution in [-0.4, -0.2) is 35.4 Å². The van der Waals surface area contributed by atoms with E-state index in [1.54, 1.807) is 0 Å². The van der Waals surface area contributed by atoms with Gasteiger partial charge < -0.3 is 15.2 Å². The first-order valence-corrected chi connectivity index (χ1v) is 8.39. The van der Waals surface area contributed by atoms with Crippen molar-refractivity contribution in [2.75, 3.05) is 25.0 Å². The summed E-state index contributed by atoms with van der Waals surface area (Å²) >= 11 is 0. The molecule has 0 spiro atoms. The van der Waals surface area contributed by atoms with E-state index in [9.17, 15) is 9.59 Å². The van der Waals surface area contributed by atoms with Crippen molar-refractivity contribution in [3.8, 4) is 0 Å². The molecule has 0 radical (unpaired) electrons. The minimum absolute atomic E-state index is 0.0704. The van der Waals surface area contributed by atoms with Crippen molar-refractivity contribution >= 4 is 22.4 Å². The van der Waals surface area contributed by atoms with E-state index in [4.69, 9.17) is 0 Å². The molecule has 2 heterocycles. The van der Waals surface area contributed by atoms with Crippen LogP contribution in [0.1, 0.15) is 37.2 Å². The molecule has 2 aromatic rings. The number of nitrogens with one attached hydrogen (secondary N) is 2. The van der Waals surface area contributed by atoms with Crippen LogP contribution in [0.4, 0.5) is 5.69 Å². The van der Waals surface area contributed by atoms with E-state index in [0.717, 1.165) is 37.0 Å².